The summed E-state index contributed by atoms with van der Waals surface area (Å²) in [5, 5.41) is 14.1. The van der Waals surface area contributed by atoms with E-state index in [2.05, 4.69) is 5.32 Å². The number of carboxylic acid groups (broad SMARTS) is 1. The van der Waals surface area contributed by atoms with Gasteiger partial charge in [0, 0.05) is 27.2 Å². The van der Waals surface area contributed by atoms with Crippen LogP contribution in [0.1, 0.15) is 16.1 Å². The number of carboxylic acids is 1. The number of halogens is 2. The Morgan fingerprint density at radius 1 is 1.07 bits per heavy atom. The molecule has 30 heavy (non-hydrogen) atoms. The van der Waals surface area contributed by atoms with Crippen molar-refractivity contribution < 1.29 is 23.9 Å². The summed E-state index contributed by atoms with van der Waals surface area (Å²) in [6, 6.07) is 13.3. The number of nitrogens with one attached hydrogen (secondary N) is 1. The van der Waals surface area contributed by atoms with Crippen molar-refractivity contribution >= 4 is 52.9 Å². The van der Waals surface area contributed by atoms with E-state index in [-0.39, 0.29) is 22.0 Å². The normalized spacial score (nSPS) is 15.0. The molecule has 1 aliphatic rings. The molecule has 1 aromatic heterocycles. The summed E-state index contributed by atoms with van der Waals surface area (Å²) in [5.74, 6) is -1.34. The number of carbonyl (C=O) groups excluding carboxylic acids is 3. The Hall–Kier alpha value is -3.55. The molecule has 4 rings (SSSR count). The van der Waals surface area contributed by atoms with Crippen molar-refractivity contribution in [3.05, 3.63) is 81.7 Å². The summed E-state index contributed by atoms with van der Waals surface area (Å²) >= 11 is 11.8. The lowest BCUT2D eigenvalue weighted by Gasteiger charge is -2.11. The van der Waals surface area contributed by atoms with Gasteiger partial charge >= 0.3 is 6.03 Å². The molecule has 0 bridgehead atoms. The summed E-state index contributed by atoms with van der Waals surface area (Å²) < 4.78 is 5.67. The van der Waals surface area contributed by atoms with E-state index in [0.29, 0.717) is 22.0 Å². The molecule has 0 saturated carbocycles. The second-order valence-corrected chi connectivity index (χ2v) is 7.14. The van der Waals surface area contributed by atoms with Crippen LogP contribution in [0.4, 0.5) is 10.5 Å². The summed E-state index contributed by atoms with van der Waals surface area (Å²) in [4.78, 5) is 37.0. The molecule has 1 aliphatic heterocycles. The standard InChI is InChI=1S/C21H12Cl2N2O5/c22-12-2-1-3-13(9-12)25-19(26)17(24-21(25)29)10-14-5-7-18(30-14)11-4-6-16(23)15(8-11)20(27)28/h1-10H,(H,24,29)(H,27,28)/p-1/b17-10-. The van der Waals surface area contributed by atoms with Crippen LogP contribution in [0.5, 0.6) is 0 Å². The molecule has 150 valence electrons. The fraction of sp³-hybridized carbons (Fsp3) is 0. The topological polar surface area (TPSA) is 103 Å². The maximum Gasteiger partial charge on any atom is 0.333 e. The van der Waals surface area contributed by atoms with Crippen molar-refractivity contribution in [1.82, 2.24) is 5.32 Å². The Bertz CT molecular complexity index is 1230. The molecule has 7 nitrogen and oxygen atoms in total. The van der Waals surface area contributed by atoms with Crippen LogP contribution in [0.15, 0.2) is 64.7 Å². The molecule has 0 atom stereocenters. The van der Waals surface area contributed by atoms with Gasteiger partial charge in [-0.25, -0.2) is 9.69 Å². The molecule has 2 aromatic carbocycles. The molecule has 9 heteroatoms. The average molecular weight is 442 g/mol. The van der Waals surface area contributed by atoms with Gasteiger partial charge in [0.2, 0.25) is 0 Å². The third-order valence-corrected chi connectivity index (χ3v) is 4.89. The van der Waals surface area contributed by atoms with Crippen molar-refractivity contribution in [3.8, 4) is 11.3 Å². The zero-order valence-corrected chi connectivity index (χ0v) is 16.5. The van der Waals surface area contributed by atoms with Crippen molar-refractivity contribution in [2.75, 3.05) is 4.90 Å². The molecule has 0 spiro atoms. The highest BCUT2D eigenvalue weighted by atomic mass is 35.5. The number of carbonyl (C=O) groups is 3. The Morgan fingerprint density at radius 3 is 2.60 bits per heavy atom. The molecule has 1 fully saturated rings. The highest BCUT2D eigenvalue weighted by molar-refractivity contribution is 6.33. The van der Waals surface area contributed by atoms with Crippen LogP contribution in [0.25, 0.3) is 17.4 Å². The van der Waals surface area contributed by atoms with E-state index in [0.717, 1.165) is 4.90 Å². The van der Waals surface area contributed by atoms with E-state index in [1.54, 1.807) is 36.4 Å². The van der Waals surface area contributed by atoms with Gasteiger partial charge in [-0.3, -0.25) is 4.79 Å². The number of hydrogen-bond acceptors (Lipinski definition) is 5. The fourth-order valence-electron chi connectivity index (χ4n) is 2.95. The lowest BCUT2D eigenvalue weighted by atomic mass is 10.1. The van der Waals surface area contributed by atoms with Crippen LogP contribution >= 0.6 is 23.2 Å². The van der Waals surface area contributed by atoms with Crippen LogP contribution in [-0.4, -0.2) is 17.9 Å². The Balaban J connectivity index is 1.62. The van der Waals surface area contributed by atoms with E-state index in [1.165, 1.54) is 24.3 Å². The van der Waals surface area contributed by atoms with Gasteiger partial charge in [-0.05, 0) is 48.5 Å². The Morgan fingerprint density at radius 2 is 1.87 bits per heavy atom. The predicted octanol–water partition coefficient (Wildman–Crippen LogP) is 3.71. The smallest absolute Gasteiger partial charge is 0.333 e. The van der Waals surface area contributed by atoms with E-state index in [1.807, 2.05) is 0 Å². The minimum atomic E-state index is -1.41. The lowest BCUT2D eigenvalue weighted by molar-refractivity contribution is -0.255. The number of furan rings is 1. The number of urea groups is 1. The van der Waals surface area contributed by atoms with E-state index < -0.39 is 17.9 Å². The number of nitrogens with zero attached hydrogens (tertiary/aromatic N) is 1. The molecule has 0 aliphatic carbocycles. The molecular weight excluding hydrogens is 431 g/mol. The quantitative estimate of drug-likeness (QED) is 0.490. The van der Waals surface area contributed by atoms with E-state index in [4.69, 9.17) is 27.6 Å². The number of aromatic carboxylic acids is 1. The monoisotopic (exact) mass is 441 g/mol. The average Bonchev–Trinajstić information content (AvgIpc) is 3.26. The highest BCUT2D eigenvalue weighted by Gasteiger charge is 2.35. The van der Waals surface area contributed by atoms with Gasteiger partial charge < -0.3 is 19.6 Å². The third kappa shape index (κ3) is 3.68. The Labute approximate surface area is 180 Å². The van der Waals surface area contributed by atoms with Gasteiger partial charge in [-0.2, -0.15) is 0 Å². The number of hydrogen-bond donors (Lipinski definition) is 1. The lowest BCUT2D eigenvalue weighted by Crippen LogP contribution is -2.30. The zero-order chi connectivity index (χ0) is 21.4. The molecule has 0 unspecified atom stereocenters. The fourth-order valence-corrected chi connectivity index (χ4v) is 3.33. The van der Waals surface area contributed by atoms with Crippen LogP contribution < -0.4 is 15.3 Å². The van der Waals surface area contributed by atoms with Crippen molar-refractivity contribution in [3.63, 3.8) is 0 Å². The van der Waals surface area contributed by atoms with Crippen LogP contribution in [0.3, 0.4) is 0 Å². The van der Waals surface area contributed by atoms with Gasteiger partial charge in [0.15, 0.2) is 0 Å². The van der Waals surface area contributed by atoms with E-state index in [9.17, 15) is 19.5 Å². The van der Waals surface area contributed by atoms with Gasteiger partial charge in [-0.1, -0.05) is 29.3 Å². The zero-order valence-electron chi connectivity index (χ0n) is 15.0. The van der Waals surface area contributed by atoms with E-state index >= 15 is 0 Å². The Kier molecular flexibility index (Phi) is 5.07. The van der Waals surface area contributed by atoms with Crippen LogP contribution in [0.2, 0.25) is 10.0 Å². The van der Waals surface area contributed by atoms with Crippen LogP contribution in [-0.2, 0) is 4.79 Å². The second-order valence-electron chi connectivity index (χ2n) is 6.29. The van der Waals surface area contributed by atoms with Gasteiger partial charge in [0.25, 0.3) is 5.91 Å². The summed E-state index contributed by atoms with van der Waals surface area (Å²) in [5.41, 5.74) is 0.656. The summed E-state index contributed by atoms with van der Waals surface area (Å²) in [7, 11) is 0. The molecule has 0 radical (unpaired) electrons. The minimum Gasteiger partial charge on any atom is -0.545 e. The molecule has 1 N–H and O–H groups in total. The number of anilines is 1. The maximum atomic E-state index is 12.7. The molecular formula is C21H11Cl2N2O5-. The van der Waals surface area contributed by atoms with Gasteiger partial charge in [0.05, 0.1) is 11.7 Å². The van der Waals surface area contributed by atoms with Crippen LogP contribution in [0, 0.1) is 0 Å². The molecule has 1 saturated heterocycles. The predicted molar refractivity (Wildman–Crippen MR) is 109 cm³/mol. The summed E-state index contributed by atoms with van der Waals surface area (Å²) in [6.45, 7) is 0. The number of imide groups is 1. The summed E-state index contributed by atoms with van der Waals surface area (Å²) in [6.07, 6.45) is 1.38. The number of amides is 3. The number of rotatable bonds is 4. The highest BCUT2D eigenvalue weighted by Crippen LogP contribution is 2.29. The van der Waals surface area contributed by atoms with Crippen molar-refractivity contribution in [2.24, 2.45) is 0 Å². The first-order valence-electron chi connectivity index (χ1n) is 8.57. The first-order chi connectivity index (χ1) is 14.3. The van der Waals surface area contributed by atoms with Crippen molar-refractivity contribution in [1.29, 1.82) is 0 Å². The molecule has 3 aromatic rings. The molecule has 2 heterocycles. The molecule has 3 amide bonds. The first kappa shape index (κ1) is 19.8. The largest absolute Gasteiger partial charge is 0.545 e. The van der Waals surface area contributed by atoms with Gasteiger partial charge in [-0.15, -0.1) is 0 Å². The van der Waals surface area contributed by atoms with Crippen molar-refractivity contribution in [2.45, 2.75) is 0 Å². The minimum absolute atomic E-state index is 0.0207. The number of benzene rings is 2. The maximum absolute atomic E-state index is 12.7. The second kappa shape index (κ2) is 7.70. The first-order valence-corrected chi connectivity index (χ1v) is 9.33. The SMILES string of the molecule is O=C([O-])c1cc(-c2ccc(/C=C3\NC(=O)N(c4cccc(Cl)c4)C3=O)o2)ccc1Cl. The van der Waals surface area contributed by atoms with Gasteiger partial charge in [0.1, 0.15) is 17.2 Å². The third-order valence-electron chi connectivity index (χ3n) is 4.33.